The number of H-pyrrole nitrogens is 1. The number of rotatable bonds is 2. The summed E-state index contributed by atoms with van der Waals surface area (Å²) >= 11 is 0. The van der Waals surface area contributed by atoms with Crippen molar-refractivity contribution >= 4 is 11.2 Å². The molecule has 0 saturated heterocycles. The zero-order valence-electron chi connectivity index (χ0n) is 9.46. The first-order valence-electron chi connectivity index (χ1n) is 4.91. The molecule has 0 atom stereocenters. The van der Waals surface area contributed by atoms with Crippen molar-refractivity contribution in [1.82, 2.24) is 15.0 Å². The lowest BCUT2D eigenvalue weighted by Crippen LogP contribution is -2.21. The van der Waals surface area contributed by atoms with Crippen LogP contribution in [0.5, 0.6) is 0 Å². The topological polar surface area (TPSA) is 50.8 Å². The number of ether oxygens (including phenoxy) is 1. The van der Waals surface area contributed by atoms with Gasteiger partial charge in [0.1, 0.15) is 11.4 Å². The first kappa shape index (κ1) is 10.1. The number of nitrogens with zero attached hydrogens (tertiary/aromatic N) is 2. The molecule has 0 spiro atoms. The number of hydrogen-bond acceptors (Lipinski definition) is 3. The van der Waals surface area contributed by atoms with Crippen LogP contribution in [0.1, 0.15) is 25.2 Å². The van der Waals surface area contributed by atoms with Gasteiger partial charge in [-0.3, -0.25) is 0 Å². The van der Waals surface area contributed by atoms with Crippen molar-refractivity contribution in [2.45, 2.75) is 26.4 Å². The van der Waals surface area contributed by atoms with E-state index in [-0.39, 0.29) is 0 Å². The highest BCUT2D eigenvalue weighted by Crippen LogP contribution is 2.22. The predicted octanol–water partition coefficient (Wildman–Crippen LogP) is 2.15. The second-order valence-corrected chi connectivity index (χ2v) is 4.18. The predicted molar refractivity (Wildman–Crippen MR) is 58.7 cm³/mol. The molecule has 2 rings (SSSR count). The smallest absolute Gasteiger partial charge is 0.177 e. The average molecular weight is 205 g/mol. The lowest BCUT2D eigenvalue weighted by molar-refractivity contribution is 0.0124. The van der Waals surface area contributed by atoms with Gasteiger partial charge in [-0.1, -0.05) is 0 Å². The van der Waals surface area contributed by atoms with Crippen LogP contribution in [0.4, 0.5) is 0 Å². The standard InChI is InChI=1S/C11H15N3O/c1-7-5-8-9(12-6-7)14-10(13-8)11(2,3)15-4/h5-6H,1-4H3,(H,12,13,14). The SMILES string of the molecule is COC(C)(C)c1nc2ncc(C)cc2[nH]1. The van der Waals surface area contributed by atoms with E-state index in [4.69, 9.17) is 4.74 Å². The Labute approximate surface area is 88.7 Å². The highest BCUT2D eigenvalue weighted by atomic mass is 16.5. The molecule has 15 heavy (non-hydrogen) atoms. The molecule has 0 bridgehead atoms. The van der Waals surface area contributed by atoms with Crippen molar-refractivity contribution < 1.29 is 4.74 Å². The monoisotopic (exact) mass is 205 g/mol. The molecule has 80 valence electrons. The van der Waals surface area contributed by atoms with E-state index in [1.807, 2.05) is 33.0 Å². The Morgan fingerprint density at radius 1 is 1.40 bits per heavy atom. The molecular weight excluding hydrogens is 190 g/mol. The number of pyridine rings is 1. The van der Waals surface area contributed by atoms with Gasteiger partial charge >= 0.3 is 0 Å². The maximum absolute atomic E-state index is 5.36. The fraction of sp³-hybridized carbons (Fsp3) is 0.455. The zero-order chi connectivity index (χ0) is 11.1. The molecule has 0 aromatic carbocycles. The Morgan fingerprint density at radius 2 is 2.13 bits per heavy atom. The quantitative estimate of drug-likeness (QED) is 0.817. The molecule has 4 heteroatoms. The molecule has 0 saturated carbocycles. The van der Waals surface area contributed by atoms with Crippen LogP contribution in [0.2, 0.25) is 0 Å². The molecule has 0 aliphatic heterocycles. The number of hydrogen-bond donors (Lipinski definition) is 1. The third-order valence-electron chi connectivity index (χ3n) is 2.55. The largest absolute Gasteiger partial charge is 0.371 e. The maximum Gasteiger partial charge on any atom is 0.177 e. The summed E-state index contributed by atoms with van der Waals surface area (Å²) in [5.41, 5.74) is 2.40. The zero-order valence-corrected chi connectivity index (χ0v) is 9.46. The second kappa shape index (κ2) is 3.31. The summed E-state index contributed by atoms with van der Waals surface area (Å²) in [6.07, 6.45) is 1.81. The van der Waals surface area contributed by atoms with Crippen LogP contribution in [-0.4, -0.2) is 22.1 Å². The number of aromatic amines is 1. The Hall–Kier alpha value is -1.42. The van der Waals surface area contributed by atoms with Gasteiger partial charge < -0.3 is 9.72 Å². The molecule has 0 radical (unpaired) electrons. The van der Waals surface area contributed by atoms with Crippen molar-refractivity contribution in [2.75, 3.05) is 7.11 Å². The molecule has 4 nitrogen and oxygen atoms in total. The minimum atomic E-state index is -0.408. The van der Waals surface area contributed by atoms with Gasteiger partial charge in [0, 0.05) is 13.3 Å². The molecule has 0 amide bonds. The Bertz CT molecular complexity index is 488. The van der Waals surface area contributed by atoms with Gasteiger partial charge in [-0.25, -0.2) is 9.97 Å². The molecule has 0 unspecified atom stereocenters. The second-order valence-electron chi connectivity index (χ2n) is 4.18. The van der Waals surface area contributed by atoms with E-state index in [9.17, 15) is 0 Å². The molecule has 1 N–H and O–H groups in total. The van der Waals surface area contributed by atoms with E-state index in [1.165, 1.54) is 0 Å². The van der Waals surface area contributed by atoms with E-state index in [0.29, 0.717) is 0 Å². The first-order valence-corrected chi connectivity index (χ1v) is 4.91. The molecule has 2 aromatic heterocycles. The summed E-state index contributed by atoms with van der Waals surface area (Å²) in [5.74, 6) is 0.804. The Morgan fingerprint density at radius 3 is 2.80 bits per heavy atom. The van der Waals surface area contributed by atoms with Crippen molar-refractivity contribution in [3.63, 3.8) is 0 Å². The molecule has 0 fully saturated rings. The van der Waals surface area contributed by atoms with Gasteiger partial charge in [0.25, 0.3) is 0 Å². The summed E-state index contributed by atoms with van der Waals surface area (Å²) in [7, 11) is 1.67. The van der Waals surface area contributed by atoms with Crippen LogP contribution in [0.15, 0.2) is 12.3 Å². The lowest BCUT2D eigenvalue weighted by Gasteiger charge is -2.19. The fourth-order valence-corrected chi connectivity index (χ4v) is 1.39. The van der Waals surface area contributed by atoms with Crippen molar-refractivity contribution in [2.24, 2.45) is 0 Å². The highest BCUT2D eigenvalue weighted by Gasteiger charge is 2.23. The van der Waals surface area contributed by atoms with E-state index in [2.05, 4.69) is 15.0 Å². The number of aromatic nitrogens is 3. The molecule has 2 heterocycles. The number of methoxy groups -OCH3 is 1. The number of aryl methyl sites for hydroxylation is 1. The molecule has 0 aliphatic rings. The number of imidazole rings is 1. The normalized spacial score (nSPS) is 12.3. The van der Waals surface area contributed by atoms with E-state index in [0.717, 1.165) is 22.6 Å². The minimum absolute atomic E-state index is 0.408. The lowest BCUT2D eigenvalue weighted by atomic mass is 10.1. The van der Waals surface area contributed by atoms with Gasteiger partial charge in [-0.15, -0.1) is 0 Å². The average Bonchev–Trinajstić information content (AvgIpc) is 2.61. The van der Waals surface area contributed by atoms with E-state index >= 15 is 0 Å². The fourth-order valence-electron chi connectivity index (χ4n) is 1.39. The number of nitrogens with one attached hydrogen (secondary N) is 1. The van der Waals surface area contributed by atoms with Crippen molar-refractivity contribution in [1.29, 1.82) is 0 Å². The van der Waals surface area contributed by atoms with Gasteiger partial charge in [0.2, 0.25) is 0 Å². The maximum atomic E-state index is 5.36. The van der Waals surface area contributed by atoms with Crippen LogP contribution >= 0.6 is 0 Å². The molecular formula is C11H15N3O. The third kappa shape index (κ3) is 1.72. The third-order valence-corrected chi connectivity index (χ3v) is 2.55. The highest BCUT2D eigenvalue weighted by molar-refractivity contribution is 5.71. The summed E-state index contributed by atoms with van der Waals surface area (Å²) in [4.78, 5) is 11.9. The van der Waals surface area contributed by atoms with Crippen LogP contribution in [0.25, 0.3) is 11.2 Å². The van der Waals surface area contributed by atoms with E-state index < -0.39 is 5.60 Å². The molecule has 2 aromatic rings. The Kier molecular flexibility index (Phi) is 2.23. The van der Waals surface area contributed by atoms with Gasteiger partial charge in [-0.05, 0) is 32.4 Å². The first-order chi connectivity index (χ1) is 7.03. The molecule has 0 aliphatic carbocycles. The van der Waals surface area contributed by atoms with Gasteiger partial charge in [-0.2, -0.15) is 0 Å². The van der Waals surface area contributed by atoms with Crippen LogP contribution in [0.3, 0.4) is 0 Å². The van der Waals surface area contributed by atoms with Crippen LogP contribution < -0.4 is 0 Å². The van der Waals surface area contributed by atoms with Gasteiger partial charge in [0.05, 0.1) is 5.52 Å². The Balaban J connectivity index is 2.56. The van der Waals surface area contributed by atoms with Crippen LogP contribution in [-0.2, 0) is 10.3 Å². The summed E-state index contributed by atoms with van der Waals surface area (Å²) in [5, 5.41) is 0. The number of fused-ring (bicyclic) bond motifs is 1. The summed E-state index contributed by atoms with van der Waals surface area (Å²) in [6, 6.07) is 2.03. The van der Waals surface area contributed by atoms with Crippen LogP contribution in [0, 0.1) is 6.92 Å². The summed E-state index contributed by atoms with van der Waals surface area (Å²) < 4.78 is 5.36. The van der Waals surface area contributed by atoms with Crippen molar-refractivity contribution in [3.05, 3.63) is 23.7 Å². The minimum Gasteiger partial charge on any atom is -0.371 e. The van der Waals surface area contributed by atoms with E-state index in [1.54, 1.807) is 7.11 Å². The van der Waals surface area contributed by atoms with Crippen molar-refractivity contribution in [3.8, 4) is 0 Å². The van der Waals surface area contributed by atoms with Gasteiger partial charge in [0.15, 0.2) is 5.65 Å². The summed E-state index contributed by atoms with van der Waals surface area (Å²) in [6.45, 7) is 5.95.